The van der Waals surface area contributed by atoms with Gasteiger partial charge in [0.25, 0.3) is 0 Å². The number of esters is 1. The molecule has 1 aromatic rings. The van der Waals surface area contributed by atoms with Gasteiger partial charge in [0.1, 0.15) is 6.10 Å². The Labute approximate surface area is 141 Å². The zero-order valence-corrected chi connectivity index (χ0v) is 15.6. The number of rotatable bonds is 3. The highest BCUT2D eigenvalue weighted by Crippen LogP contribution is 2.35. The Bertz CT molecular complexity index is 522. The van der Waals surface area contributed by atoms with Crippen molar-refractivity contribution < 1.29 is 9.53 Å². The van der Waals surface area contributed by atoms with Gasteiger partial charge >= 0.3 is 5.97 Å². The molecule has 2 heteroatoms. The van der Waals surface area contributed by atoms with Crippen molar-refractivity contribution in [3.63, 3.8) is 0 Å². The summed E-state index contributed by atoms with van der Waals surface area (Å²) in [6, 6.07) is 7.89. The minimum atomic E-state index is -0.171. The minimum Gasteiger partial charge on any atom is -0.458 e. The first kappa shape index (κ1) is 18.0. The molecule has 1 aliphatic rings. The van der Waals surface area contributed by atoms with Crippen molar-refractivity contribution in [1.29, 1.82) is 0 Å². The molecule has 1 aromatic carbocycles. The van der Waals surface area contributed by atoms with Crippen molar-refractivity contribution in [2.45, 2.75) is 72.3 Å². The van der Waals surface area contributed by atoms with Crippen LogP contribution in [0.2, 0.25) is 0 Å². The summed E-state index contributed by atoms with van der Waals surface area (Å²) in [5, 5.41) is 0. The van der Waals surface area contributed by atoms with E-state index >= 15 is 0 Å². The lowest BCUT2D eigenvalue weighted by atomic mass is 9.75. The van der Waals surface area contributed by atoms with Gasteiger partial charge in [0, 0.05) is 0 Å². The predicted octanol–water partition coefficient (Wildman–Crippen LogP) is 5.60. The van der Waals surface area contributed by atoms with Gasteiger partial charge in [-0.1, -0.05) is 60.1 Å². The summed E-state index contributed by atoms with van der Waals surface area (Å²) in [5.74, 6) is 1.52. The molecule has 0 spiro atoms. The summed E-state index contributed by atoms with van der Waals surface area (Å²) in [6.07, 6.45) is 3.47. The SMILES string of the molecule is CC1CCC(C(C)C)C(OC(=O)c2ccc(C(C)(C)C)cc2)C1. The van der Waals surface area contributed by atoms with Crippen LogP contribution in [-0.4, -0.2) is 12.1 Å². The van der Waals surface area contributed by atoms with E-state index in [1.807, 2.05) is 24.3 Å². The third kappa shape index (κ3) is 4.59. The molecule has 0 amide bonds. The average Bonchev–Trinajstić information content (AvgIpc) is 2.46. The number of benzene rings is 1. The minimum absolute atomic E-state index is 0.0635. The first-order chi connectivity index (χ1) is 10.7. The fraction of sp³-hybridized carbons (Fsp3) is 0.667. The Kier molecular flexibility index (Phi) is 5.54. The lowest BCUT2D eigenvalue weighted by Gasteiger charge is -2.36. The van der Waals surface area contributed by atoms with E-state index in [0.717, 1.165) is 6.42 Å². The van der Waals surface area contributed by atoms with Crippen LogP contribution in [0.25, 0.3) is 0 Å². The Balaban J connectivity index is 2.08. The molecule has 2 nitrogen and oxygen atoms in total. The van der Waals surface area contributed by atoms with Crippen LogP contribution in [0.5, 0.6) is 0 Å². The molecule has 2 rings (SSSR count). The topological polar surface area (TPSA) is 26.3 Å². The van der Waals surface area contributed by atoms with Gasteiger partial charge in [0.05, 0.1) is 5.56 Å². The molecule has 0 aliphatic heterocycles. The first-order valence-electron chi connectivity index (χ1n) is 9.00. The fourth-order valence-electron chi connectivity index (χ4n) is 3.56. The molecule has 0 radical (unpaired) electrons. The van der Waals surface area contributed by atoms with E-state index in [1.165, 1.54) is 18.4 Å². The monoisotopic (exact) mass is 316 g/mol. The highest BCUT2D eigenvalue weighted by atomic mass is 16.5. The van der Waals surface area contributed by atoms with E-state index in [0.29, 0.717) is 23.3 Å². The third-order valence-corrected chi connectivity index (χ3v) is 5.21. The number of carbonyl (C=O) groups excluding carboxylic acids is 1. The van der Waals surface area contributed by atoms with Crippen molar-refractivity contribution >= 4 is 5.97 Å². The standard InChI is InChI=1S/C21H32O2/c1-14(2)18-12-7-15(3)13-19(18)23-20(22)16-8-10-17(11-9-16)21(4,5)6/h8-11,14-15,18-19H,7,12-13H2,1-6H3. The van der Waals surface area contributed by atoms with Gasteiger partial charge in [0.15, 0.2) is 0 Å². The second-order valence-electron chi connectivity index (χ2n) is 8.60. The van der Waals surface area contributed by atoms with E-state index in [-0.39, 0.29) is 17.5 Å². The van der Waals surface area contributed by atoms with Gasteiger partial charge in [0.2, 0.25) is 0 Å². The Hall–Kier alpha value is -1.31. The van der Waals surface area contributed by atoms with Gasteiger partial charge in [-0.3, -0.25) is 0 Å². The molecular weight excluding hydrogens is 284 g/mol. The van der Waals surface area contributed by atoms with Crippen LogP contribution < -0.4 is 0 Å². The Morgan fingerprint density at radius 2 is 1.74 bits per heavy atom. The molecule has 1 saturated carbocycles. The maximum Gasteiger partial charge on any atom is 0.338 e. The first-order valence-corrected chi connectivity index (χ1v) is 9.00. The summed E-state index contributed by atoms with van der Waals surface area (Å²) in [7, 11) is 0. The van der Waals surface area contributed by atoms with Crippen LogP contribution in [-0.2, 0) is 10.2 Å². The molecule has 0 aromatic heterocycles. The van der Waals surface area contributed by atoms with Gasteiger partial charge in [-0.15, -0.1) is 0 Å². The summed E-state index contributed by atoms with van der Waals surface area (Å²) < 4.78 is 5.91. The fourth-order valence-corrected chi connectivity index (χ4v) is 3.56. The van der Waals surface area contributed by atoms with Gasteiger partial charge in [-0.25, -0.2) is 4.79 Å². The molecular formula is C21H32O2. The van der Waals surface area contributed by atoms with E-state index in [1.54, 1.807) is 0 Å². The quantitative estimate of drug-likeness (QED) is 0.678. The van der Waals surface area contributed by atoms with Crippen LogP contribution in [0.15, 0.2) is 24.3 Å². The lowest BCUT2D eigenvalue weighted by Crippen LogP contribution is -2.35. The van der Waals surface area contributed by atoms with Crippen LogP contribution in [0.3, 0.4) is 0 Å². The molecule has 23 heavy (non-hydrogen) atoms. The van der Waals surface area contributed by atoms with Crippen LogP contribution in [0, 0.1) is 17.8 Å². The van der Waals surface area contributed by atoms with Crippen molar-refractivity contribution in [2.75, 3.05) is 0 Å². The normalized spacial score (nSPS) is 25.4. The molecule has 0 heterocycles. The number of hydrogen-bond donors (Lipinski definition) is 0. The smallest absolute Gasteiger partial charge is 0.338 e. The molecule has 0 N–H and O–H groups in total. The highest BCUT2D eigenvalue weighted by molar-refractivity contribution is 5.89. The Morgan fingerprint density at radius 3 is 2.26 bits per heavy atom. The molecule has 128 valence electrons. The van der Waals surface area contributed by atoms with Gasteiger partial charge in [-0.05, 0) is 53.7 Å². The van der Waals surface area contributed by atoms with E-state index < -0.39 is 0 Å². The van der Waals surface area contributed by atoms with Crippen molar-refractivity contribution in [3.8, 4) is 0 Å². The van der Waals surface area contributed by atoms with Gasteiger partial charge < -0.3 is 4.74 Å². The molecule has 3 unspecified atom stereocenters. The van der Waals surface area contributed by atoms with E-state index in [2.05, 4.69) is 41.5 Å². The van der Waals surface area contributed by atoms with Crippen molar-refractivity contribution in [3.05, 3.63) is 35.4 Å². The molecule has 0 bridgehead atoms. The van der Waals surface area contributed by atoms with Crippen LogP contribution in [0.4, 0.5) is 0 Å². The summed E-state index contributed by atoms with van der Waals surface area (Å²) >= 11 is 0. The average molecular weight is 316 g/mol. The van der Waals surface area contributed by atoms with E-state index in [4.69, 9.17) is 4.74 Å². The maximum atomic E-state index is 12.5. The number of ether oxygens (including phenoxy) is 1. The van der Waals surface area contributed by atoms with Crippen molar-refractivity contribution in [1.82, 2.24) is 0 Å². The molecule has 0 saturated heterocycles. The number of hydrogen-bond acceptors (Lipinski definition) is 2. The van der Waals surface area contributed by atoms with Crippen LogP contribution in [0.1, 0.15) is 76.7 Å². The lowest BCUT2D eigenvalue weighted by molar-refractivity contribution is -0.0174. The zero-order chi connectivity index (χ0) is 17.2. The third-order valence-electron chi connectivity index (χ3n) is 5.21. The van der Waals surface area contributed by atoms with Crippen LogP contribution >= 0.6 is 0 Å². The summed E-state index contributed by atoms with van der Waals surface area (Å²) in [5.41, 5.74) is 2.00. The van der Waals surface area contributed by atoms with Gasteiger partial charge in [-0.2, -0.15) is 0 Å². The zero-order valence-electron chi connectivity index (χ0n) is 15.6. The van der Waals surface area contributed by atoms with Crippen molar-refractivity contribution in [2.24, 2.45) is 17.8 Å². The summed E-state index contributed by atoms with van der Waals surface area (Å²) in [6.45, 7) is 13.3. The second kappa shape index (κ2) is 7.07. The molecule has 1 aliphatic carbocycles. The number of carbonyl (C=O) groups is 1. The molecule has 1 fully saturated rings. The second-order valence-corrected chi connectivity index (χ2v) is 8.60. The molecule has 3 atom stereocenters. The largest absolute Gasteiger partial charge is 0.458 e. The maximum absolute atomic E-state index is 12.5. The summed E-state index contributed by atoms with van der Waals surface area (Å²) in [4.78, 5) is 12.5. The highest BCUT2D eigenvalue weighted by Gasteiger charge is 2.33. The predicted molar refractivity (Wildman–Crippen MR) is 95.7 cm³/mol. The Morgan fingerprint density at radius 1 is 1.13 bits per heavy atom. The van der Waals surface area contributed by atoms with E-state index in [9.17, 15) is 4.79 Å².